The topological polar surface area (TPSA) is 59.2 Å². The molecule has 1 unspecified atom stereocenters. The summed E-state index contributed by atoms with van der Waals surface area (Å²) < 4.78 is 0. The third-order valence-corrected chi connectivity index (χ3v) is 3.40. The molecule has 5 heteroatoms. The molecule has 0 aliphatic rings. The van der Waals surface area contributed by atoms with Crippen molar-refractivity contribution in [2.75, 3.05) is 13.1 Å². The number of nitrogens with zero attached hydrogens (tertiary/aromatic N) is 2. The molecule has 0 saturated heterocycles. The molecule has 104 valence electrons. The van der Waals surface area contributed by atoms with Gasteiger partial charge in [-0.3, -0.25) is 9.78 Å². The number of rotatable bonds is 6. The summed E-state index contributed by atoms with van der Waals surface area (Å²) in [4.78, 5) is 18.6. The van der Waals surface area contributed by atoms with Crippen molar-refractivity contribution in [3.8, 4) is 0 Å². The summed E-state index contributed by atoms with van der Waals surface area (Å²) in [5.41, 5.74) is 6.62. The maximum absolute atomic E-state index is 12.3. The number of amides is 1. The van der Waals surface area contributed by atoms with Crippen LogP contribution in [-0.2, 0) is 0 Å². The molecule has 2 N–H and O–H groups in total. The van der Waals surface area contributed by atoms with Crippen molar-refractivity contribution in [3.05, 3.63) is 29.6 Å². The van der Waals surface area contributed by atoms with E-state index in [1.54, 1.807) is 18.3 Å². The minimum Gasteiger partial charge on any atom is -0.389 e. The molecule has 0 radical (unpaired) electrons. The van der Waals surface area contributed by atoms with Crippen LogP contribution in [0.2, 0.25) is 0 Å². The molecule has 1 rings (SSSR count). The van der Waals surface area contributed by atoms with E-state index in [1.807, 2.05) is 11.8 Å². The van der Waals surface area contributed by atoms with Crippen molar-refractivity contribution < 1.29 is 4.79 Å². The fourth-order valence-corrected chi connectivity index (χ4v) is 1.81. The number of aromatic nitrogens is 1. The van der Waals surface area contributed by atoms with E-state index in [9.17, 15) is 4.79 Å². The molecule has 19 heavy (non-hydrogen) atoms. The van der Waals surface area contributed by atoms with Crippen LogP contribution in [0, 0.1) is 5.92 Å². The van der Waals surface area contributed by atoms with Crippen LogP contribution in [0.3, 0.4) is 0 Å². The van der Waals surface area contributed by atoms with E-state index in [0.29, 0.717) is 28.7 Å². The number of carbonyl (C=O) groups is 1. The van der Waals surface area contributed by atoms with E-state index in [1.165, 1.54) is 0 Å². The van der Waals surface area contributed by atoms with Gasteiger partial charge in [-0.15, -0.1) is 0 Å². The Kier molecular flexibility index (Phi) is 5.89. The van der Waals surface area contributed by atoms with Crippen LogP contribution in [0.4, 0.5) is 0 Å². The maximum Gasteiger partial charge on any atom is 0.272 e. The van der Waals surface area contributed by atoms with Gasteiger partial charge in [-0.05, 0) is 25.0 Å². The second-order valence-corrected chi connectivity index (χ2v) is 5.09. The molecule has 1 amide bonds. The average Bonchev–Trinajstić information content (AvgIpc) is 2.43. The standard InChI is InChI=1S/C14H21N3OS/c1-4-10(3)9-17(5-2)14(18)12-7-6-11(8-16-12)13(15)19/h6-8,10H,4-5,9H2,1-3H3,(H2,15,19). The molecule has 0 aliphatic heterocycles. The molecule has 1 heterocycles. The van der Waals surface area contributed by atoms with Gasteiger partial charge in [0.15, 0.2) is 0 Å². The highest BCUT2D eigenvalue weighted by Crippen LogP contribution is 2.09. The highest BCUT2D eigenvalue weighted by Gasteiger charge is 2.17. The molecular weight excluding hydrogens is 258 g/mol. The summed E-state index contributed by atoms with van der Waals surface area (Å²) in [6.45, 7) is 7.67. The zero-order chi connectivity index (χ0) is 14.4. The summed E-state index contributed by atoms with van der Waals surface area (Å²) in [6, 6.07) is 3.41. The van der Waals surface area contributed by atoms with Crippen LogP contribution >= 0.6 is 12.2 Å². The largest absolute Gasteiger partial charge is 0.389 e. The van der Waals surface area contributed by atoms with E-state index in [0.717, 1.165) is 13.0 Å². The molecule has 0 aromatic carbocycles. The molecule has 1 atom stereocenters. The minimum atomic E-state index is -0.0442. The summed E-state index contributed by atoms with van der Waals surface area (Å²) in [6.07, 6.45) is 2.60. The van der Waals surface area contributed by atoms with Crippen LogP contribution in [0.1, 0.15) is 43.2 Å². The lowest BCUT2D eigenvalue weighted by atomic mass is 10.1. The fraction of sp³-hybridized carbons (Fsp3) is 0.500. The van der Waals surface area contributed by atoms with Gasteiger partial charge >= 0.3 is 0 Å². The van der Waals surface area contributed by atoms with E-state index in [2.05, 4.69) is 18.8 Å². The Morgan fingerprint density at radius 1 is 1.47 bits per heavy atom. The van der Waals surface area contributed by atoms with Gasteiger partial charge in [-0.2, -0.15) is 0 Å². The zero-order valence-electron chi connectivity index (χ0n) is 11.7. The number of carbonyl (C=O) groups excluding carboxylic acids is 1. The predicted octanol–water partition coefficient (Wildman–Crippen LogP) is 2.22. The van der Waals surface area contributed by atoms with E-state index in [4.69, 9.17) is 18.0 Å². The van der Waals surface area contributed by atoms with Gasteiger partial charge < -0.3 is 10.6 Å². The predicted molar refractivity (Wildman–Crippen MR) is 81.2 cm³/mol. The first kappa shape index (κ1) is 15.6. The van der Waals surface area contributed by atoms with E-state index >= 15 is 0 Å². The zero-order valence-corrected chi connectivity index (χ0v) is 12.5. The van der Waals surface area contributed by atoms with Gasteiger partial charge in [0.2, 0.25) is 0 Å². The number of hydrogen-bond donors (Lipinski definition) is 1. The first-order valence-corrected chi connectivity index (χ1v) is 6.95. The number of thiocarbonyl (C=S) groups is 1. The van der Waals surface area contributed by atoms with Crippen LogP contribution in [-0.4, -0.2) is 33.9 Å². The normalized spacial score (nSPS) is 11.9. The van der Waals surface area contributed by atoms with Gasteiger partial charge in [-0.25, -0.2) is 0 Å². The van der Waals surface area contributed by atoms with Crippen LogP contribution < -0.4 is 5.73 Å². The van der Waals surface area contributed by atoms with Crippen molar-refractivity contribution in [1.29, 1.82) is 0 Å². The van der Waals surface area contributed by atoms with Crippen LogP contribution in [0.25, 0.3) is 0 Å². The second kappa shape index (κ2) is 7.19. The van der Waals surface area contributed by atoms with Gasteiger partial charge in [0.1, 0.15) is 10.7 Å². The molecule has 0 spiro atoms. The molecule has 0 bridgehead atoms. The Morgan fingerprint density at radius 2 is 2.16 bits per heavy atom. The Morgan fingerprint density at radius 3 is 2.58 bits per heavy atom. The molecular formula is C14H21N3OS. The molecule has 0 fully saturated rings. The first-order valence-electron chi connectivity index (χ1n) is 6.54. The Labute approximate surface area is 120 Å². The van der Waals surface area contributed by atoms with Crippen molar-refractivity contribution in [2.24, 2.45) is 11.7 Å². The van der Waals surface area contributed by atoms with Crippen molar-refractivity contribution in [2.45, 2.75) is 27.2 Å². The van der Waals surface area contributed by atoms with Crippen molar-refractivity contribution in [1.82, 2.24) is 9.88 Å². The summed E-state index contributed by atoms with van der Waals surface area (Å²) in [7, 11) is 0. The van der Waals surface area contributed by atoms with Crippen LogP contribution in [0.5, 0.6) is 0 Å². The van der Waals surface area contributed by atoms with Crippen molar-refractivity contribution >= 4 is 23.1 Å². The molecule has 1 aromatic rings. The number of hydrogen-bond acceptors (Lipinski definition) is 3. The summed E-state index contributed by atoms with van der Waals surface area (Å²) in [5, 5.41) is 0. The third-order valence-electron chi connectivity index (χ3n) is 3.17. The Balaban J connectivity index is 2.82. The smallest absolute Gasteiger partial charge is 0.272 e. The lowest BCUT2D eigenvalue weighted by molar-refractivity contribution is 0.0735. The maximum atomic E-state index is 12.3. The van der Waals surface area contributed by atoms with Gasteiger partial charge in [0.05, 0.1) is 0 Å². The number of nitrogens with two attached hydrogens (primary N) is 1. The monoisotopic (exact) mass is 279 g/mol. The Bertz CT molecular complexity index is 445. The van der Waals surface area contributed by atoms with Gasteiger partial charge in [-0.1, -0.05) is 32.5 Å². The minimum absolute atomic E-state index is 0.0442. The van der Waals surface area contributed by atoms with Gasteiger partial charge in [0.25, 0.3) is 5.91 Å². The lowest BCUT2D eigenvalue weighted by Crippen LogP contribution is -2.35. The first-order chi connectivity index (χ1) is 8.99. The molecule has 0 aliphatic carbocycles. The molecule has 4 nitrogen and oxygen atoms in total. The third kappa shape index (κ3) is 4.28. The highest BCUT2D eigenvalue weighted by atomic mass is 32.1. The van der Waals surface area contributed by atoms with Crippen LogP contribution in [0.15, 0.2) is 18.3 Å². The van der Waals surface area contributed by atoms with Gasteiger partial charge in [0, 0.05) is 24.8 Å². The van der Waals surface area contributed by atoms with E-state index in [-0.39, 0.29) is 5.91 Å². The van der Waals surface area contributed by atoms with E-state index < -0.39 is 0 Å². The highest BCUT2D eigenvalue weighted by molar-refractivity contribution is 7.80. The van der Waals surface area contributed by atoms with Crippen molar-refractivity contribution in [3.63, 3.8) is 0 Å². The fourth-order valence-electron chi connectivity index (χ4n) is 1.69. The second-order valence-electron chi connectivity index (χ2n) is 4.65. The quantitative estimate of drug-likeness (QED) is 0.811. The lowest BCUT2D eigenvalue weighted by Gasteiger charge is -2.23. The summed E-state index contributed by atoms with van der Waals surface area (Å²) >= 11 is 4.86. The summed E-state index contributed by atoms with van der Waals surface area (Å²) in [5.74, 6) is 0.442. The molecule has 1 aromatic heterocycles. The molecule has 0 saturated carbocycles. The SMILES string of the molecule is CCC(C)CN(CC)C(=O)c1ccc(C(N)=S)cn1. The average molecular weight is 279 g/mol. The number of pyridine rings is 1. The Hall–Kier alpha value is -1.49.